The smallest absolute Gasteiger partial charge is 0.0542 e. The highest BCUT2D eigenvalue weighted by Crippen LogP contribution is 2.39. The van der Waals surface area contributed by atoms with E-state index in [0.29, 0.717) is 0 Å². The first-order chi connectivity index (χ1) is 21.8. The van der Waals surface area contributed by atoms with Crippen LogP contribution < -0.4 is 0 Å². The largest absolute Gasteiger partial charge is 0.309 e. The minimum atomic E-state index is 1.17. The van der Waals surface area contributed by atoms with Crippen molar-refractivity contribution in [1.29, 1.82) is 0 Å². The molecule has 44 heavy (non-hydrogen) atoms. The van der Waals surface area contributed by atoms with Gasteiger partial charge in [-0.3, -0.25) is 0 Å². The first-order valence-electron chi connectivity index (χ1n) is 15.1. The van der Waals surface area contributed by atoms with Gasteiger partial charge in [0, 0.05) is 32.8 Å². The molecule has 9 aromatic rings. The number of fused-ring (bicyclic) bond motifs is 6. The number of aromatic nitrogens is 2. The van der Waals surface area contributed by atoms with E-state index in [-0.39, 0.29) is 0 Å². The van der Waals surface area contributed by atoms with Gasteiger partial charge < -0.3 is 9.13 Å². The second kappa shape index (κ2) is 9.86. The number of rotatable bonds is 4. The Hall–Kier alpha value is -5.86. The molecule has 7 aromatic carbocycles. The summed E-state index contributed by atoms with van der Waals surface area (Å²) in [6.07, 6.45) is 0. The lowest BCUT2D eigenvalue weighted by atomic mass is 9.99. The summed E-state index contributed by atoms with van der Waals surface area (Å²) in [5.41, 5.74) is 12.1. The van der Waals surface area contributed by atoms with Crippen LogP contribution in [0.5, 0.6) is 0 Å². The highest BCUT2D eigenvalue weighted by molar-refractivity contribution is 6.12. The quantitative estimate of drug-likeness (QED) is 0.203. The maximum absolute atomic E-state index is 2.43. The summed E-state index contributed by atoms with van der Waals surface area (Å²) in [5.74, 6) is 0. The van der Waals surface area contributed by atoms with Crippen molar-refractivity contribution in [3.63, 3.8) is 0 Å². The van der Waals surface area contributed by atoms with E-state index >= 15 is 0 Å². The number of benzene rings is 7. The fourth-order valence-corrected chi connectivity index (χ4v) is 6.95. The highest BCUT2D eigenvalue weighted by Gasteiger charge is 2.18. The normalized spacial score (nSPS) is 11.6. The van der Waals surface area contributed by atoms with Crippen molar-refractivity contribution < 1.29 is 0 Å². The highest BCUT2D eigenvalue weighted by atomic mass is 15.0. The van der Waals surface area contributed by atoms with E-state index in [1.807, 2.05) is 0 Å². The Kier molecular flexibility index (Phi) is 5.54. The van der Waals surface area contributed by atoms with Gasteiger partial charge >= 0.3 is 0 Å². The third-order valence-corrected chi connectivity index (χ3v) is 8.94. The van der Waals surface area contributed by atoms with Gasteiger partial charge in [-0.15, -0.1) is 0 Å². The van der Waals surface area contributed by atoms with E-state index in [2.05, 4.69) is 179 Å². The van der Waals surface area contributed by atoms with Crippen LogP contribution in [0, 0.1) is 0 Å². The van der Waals surface area contributed by atoms with Gasteiger partial charge in [0.2, 0.25) is 0 Å². The molecule has 0 fully saturated rings. The molecule has 0 saturated heterocycles. The zero-order valence-corrected chi connectivity index (χ0v) is 24.1. The predicted molar refractivity (Wildman–Crippen MR) is 186 cm³/mol. The molecule has 0 amide bonds. The van der Waals surface area contributed by atoms with E-state index in [0.717, 1.165) is 0 Å². The molecule has 2 nitrogen and oxygen atoms in total. The molecule has 0 spiro atoms. The molecule has 0 N–H and O–H groups in total. The van der Waals surface area contributed by atoms with Crippen LogP contribution in [0.15, 0.2) is 170 Å². The summed E-state index contributed by atoms with van der Waals surface area (Å²) < 4.78 is 4.83. The second-order valence-electron chi connectivity index (χ2n) is 11.4. The Morgan fingerprint density at radius 1 is 0.295 bits per heavy atom. The number of hydrogen-bond acceptors (Lipinski definition) is 0. The molecule has 2 heteroatoms. The summed E-state index contributed by atoms with van der Waals surface area (Å²) in [7, 11) is 0. The fraction of sp³-hybridized carbons (Fsp3) is 0. The maximum Gasteiger partial charge on any atom is 0.0542 e. The second-order valence-corrected chi connectivity index (χ2v) is 11.4. The molecule has 0 radical (unpaired) electrons. The third kappa shape index (κ3) is 3.75. The molecule has 0 aliphatic heterocycles. The summed E-state index contributed by atoms with van der Waals surface area (Å²) in [5, 5.41) is 5.05. The van der Waals surface area contributed by atoms with Crippen molar-refractivity contribution in [2.75, 3.05) is 0 Å². The van der Waals surface area contributed by atoms with E-state index in [1.165, 1.54) is 77.2 Å². The van der Waals surface area contributed by atoms with Crippen LogP contribution >= 0.6 is 0 Å². The molecule has 2 aromatic heterocycles. The lowest BCUT2D eigenvalue weighted by molar-refractivity contribution is 1.17. The van der Waals surface area contributed by atoms with E-state index < -0.39 is 0 Å². The van der Waals surface area contributed by atoms with Crippen LogP contribution in [0.25, 0.3) is 77.2 Å². The Labute approximate surface area is 255 Å². The predicted octanol–water partition coefficient (Wildman–Crippen LogP) is 11.2. The number of para-hydroxylation sites is 4. The summed E-state index contributed by atoms with van der Waals surface area (Å²) in [6.45, 7) is 0. The van der Waals surface area contributed by atoms with Gasteiger partial charge in [0.1, 0.15) is 0 Å². The lowest BCUT2D eigenvalue weighted by Crippen LogP contribution is -1.98. The van der Waals surface area contributed by atoms with E-state index in [4.69, 9.17) is 0 Å². The monoisotopic (exact) mass is 560 g/mol. The first-order valence-corrected chi connectivity index (χ1v) is 15.1. The van der Waals surface area contributed by atoms with Crippen LogP contribution in [0.4, 0.5) is 0 Å². The van der Waals surface area contributed by atoms with Crippen LogP contribution in [0.3, 0.4) is 0 Å². The van der Waals surface area contributed by atoms with Crippen LogP contribution in [0.2, 0.25) is 0 Å². The average Bonchev–Trinajstić information content (AvgIpc) is 3.61. The molecule has 0 atom stereocenters. The molecule has 9 rings (SSSR count). The Morgan fingerprint density at radius 2 is 0.773 bits per heavy atom. The molecule has 206 valence electrons. The van der Waals surface area contributed by atoms with E-state index in [1.54, 1.807) is 0 Å². The lowest BCUT2D eigenvalue weighted by Gasteiger charge is -2.15. The van der Waals surface area contributed by atoms with Crippen molar-refractivity contribution in [2.24, 2.45) is 0 Å². The van der Waals surface area contributed by atoms with Crippen molar-refractivity contribution in [3.8, 4) is 33.6 Å². The standard InChI is InChI=1S/C42H28N2/c1-2-12-29(13-3-1)30-22-24-31(25-23-30)33-14-4-8-18-38(33)44-41-21-11-7-17-36(41)37-28-32(26-27-42(37)44)43-39-19-9-5-15-34(39)35-16-6-10-20-40(35)43/h1-28H. The van der Waals surface area contributed by atoms with Crippen molar-refractivity contribution in [1.82, 2.24) is 9.13 Å². The summed E-state index contributed by atoms with van der Waals surface area (Å²) in [6, 6.07) is 61.4. The molecular formula is C42H28N2. The molecule has 0 saturated carbocycles. The number of nitrogens with zero attached hydrogens (tertiary/aromatic N) is 2. The van der Waals surface area contributed by atoms with Gasteiger partial charge in [-0.1, -0.05) is 127 Å². The zero-order valence-electron chi connectivity index (χ0n) is 24.1. The Morgan fingerprint density at radius 3 is 1.45 bits per heavy atom. The van der Waals surface area contributed by atoms with E-state index in [9.17, 15) is 0 Å². The molecule has 0 aliphatic rings. The minimum Gasteiger partial charge on any atom is -0.309 e. The summed E-state index contributed by atoms with van der Waals surface area (Å²) >= 11 is 0. The average molecular weight is 561 g/mol. The molecule has 0 unspecified atom stereocenters. The zero-order chi connectivity index (χ0) is 29.0. The van der Waals surface area contributed by atoms with Gasteiger partial charge in [0.25, 0.3) is 0 Å². The van der Waals surface area contributed by atoms with Gasteiger partial charge in [-0.25, -0.2) is 0 Å². The SMILES string of the molecule is c1ccc(-c2ccc(-c3ccccc3-n3c4ccccc4c4cc(-n5c6ccccc6c6ccccc65)ccc43)cc2)cc1. The molecule has 0 aliphatic carbocycles. The fourth-order valence-electron chi connectivity index (χ4n) is 6.95. The van der Waals surface area contributed by atoms with Crippen LogP contribution in [-0.2, 0) is 0 Å². The minimum absolute atomic E-state index is 1.17. The topological polar surface area (TPSA) is 9.86 Å². The maximum atomic E-state index is 2.43. The van der Waals surface area contributed by atoms with Crippen LogP contribution in [0.1, 0.15) is 0 Å². The third-order valence-electron chi connectivity index (χ3n) is 8.94. The van der Waals surface area contributed by atoms with Crippen LogP contribution in [-0.4, -0.2) is 9.13 Å². The van der Waals surface area contributed by atoms with Gasteiger partial charge in [0.15, 0.2) is 0 Å². The molecule has 2 heterocycles. The molecule has 0 bridgehead atoms. The summed E-state index contributed by atoms with van der Waals surface area (Å²) in [4.78, 5) is 0. The first kappa shape index (κ1) is 24.7. The van der Waals surface area contributed by atoms with Gasteiger partial charge in [-0.2, -0.15) is 0 Å². The Bertz CT molecular complexity index is 2420. The Balaban J connectivity index is 1.25. The van der Waals surface area contributed by atoms with Crippen molar-refractivity contribution >= 4 is 43.6 Å². The van der Waals surface area contributed by atoms with Gasteiger partial charge in [-0.05, 0) is 59.2 Å². The number of hydrogen-bond donors (Lipinski definition) is 0. The molecular weight excluding hydrogens is 532 g/mol. The van der Waals surface area contributed by atoms with Crippen molar-refractivity contribution in [3.05, 3.63) is 170 Å². The van der Waals surface area contributed by atoms with Gasteiger partial charge in [0.05, 0.1) is 27.8 Å². The van der Waals surface area contributed by atoms with Crippen molar-refractivity contribution in [2.45, 2.75) is 0 Å².